The first-order chi connectivity index (χ1) is 15.3. The number of ether oxygens (including phenoxy) is 2. The van der Waals surface area contributed by atoms with Crippen LogP contribution in [0, 0.1) is 11.8 Å². The second-order valence-corrected chi connectivity index (χ2v) is 10.9. The van der Waals surface area contributed by atoms with Crippen molar-refractivity contribution in [3.8, 4) is 0 Å². The molecule has 0 heterocycles. The van der Waals surface area contributed by atoms with E-state index in [-0.39, 0.29) is 24.9 Å². The second kappa shape index (κ2) is 16.2. The fraction of sp³-hybridized carbons (Fsp3) is 0.565. The highest BCUT2D eigenvalue weighted by Crippen LogP contribution is 2.40. The molecule has 1 N–H and O–H groups in total. The third kappa shape index (κ3) is 10.9. The molecule has 0 fully saturated rings. The van der Waals surface area contributed by atoms with Gasteiger partial charge in [-0.2, -0.15) is 0 Å². The number of aliphatic carboxylic acids is 1. The Morgan fingerprint density at radius 2 is 2.00 bits per heavy atom. The van der Waals surface area contributed by atoms with Gasteiger partial charge < -0.3 is 14.6 Å². The number of rotatable bonds is 15. The standard InChI is InChI=1S/C23H32O6S3/c1-4-5-11-31-23(30)32-20(18-8-6-7-17(13-18)15-24)14-19(12-16(2)21(25)26)22(27)29-10-9-28-3/h6-8,13,15-16,19-20H,4-5,9-12,14H2,1-3H3,(H,25,26). The molecule has 9 heteroatoms. The summed E-state index contributed by atoms with van der Waals surface area (Å²) in [7, 11) is 1.52. The quantitative estimate of drug-likeness (QED) is 0.147. The van der Waals surface area contributed by atoms with E-state index in [1.165, 1.54) is 18.9 Å². The molecule has 32 heavy (non-hydrogen) atoms. The van der Waals surface area contributed by atoms with Gasteiger partial charge in [-0.3, -0.25) is 14.4 Å². The van der Waals surface area contributed by atoms with Crippen molar-refractivity contribution in [2.24, 2.45) is 11.8 Å². The molecule has 0 aliphatic heterocycles. The van der Waals surface area contributed by atoms with Crippen molar-refractivity contribution in [3.05, 3.63) is 35.4 Å². The van der Waals surface area contributed by atoms with Crippen molar-refractivity contribution in [1.82, 2.24) is 0 Å². The van der Waals surface area contributed by atoms with Crippen molar-refractivity contribution in [2.75, 3.05) is 26.1 Å². The number of hydrogen-bond donors (Lipinski definition) is 1. The van der Waals surface area contributed by atoms with E-state index in [0.29, 0.717) is 12.0 Å². The molecule has 0 saturated carbocycles. The predicted molar refractivity (Wildman–Crippen MR) is 134 cm³/mol. The molecule has 0 amide bonds. The Hall–Kier alpha value is -1.42. The van der Waals surface area contributed by atoms with Crippen LogP contribution in [0.2, 0.25) is 0 Å². The summed E-state index contributed by atoms with van der Waals surface area (Å²) in [5, 5.41) is 9.16. The zero-order valence-electron chi connectivity index (χ0n) is 18.8. The summed E-state index contributed by atoms with van der Waals surface area (Å²) < 4.78 is 11.0. The van der Waals surface area contributed by atoms with Crippen LogP contribution in [0.4, 0.5) is 0 Å². The average Bonchev–Trinajstić information content (AvgIpc) is 2.78. The Labute approximate surface area is 204 Å². The number of thioether (sulfide) groups is 2. The van der Waals surface area contributed by atoms with Crippen molar-refractivity contribution in [3.63, 3.8) is 0 Å². The molecule has 3 unspecified atom stereocenters. The Kier molecular flexibility index (Phi) is 14.5. The summed E-state index contributed by atoms with van der Waals surface area (Å²) in [6.45, 7) is 4.08. The van der Waals surface area contributed by atoms with E-state index < -0.39 is 23.8 Å². The number of carboxylic acids is 1. The number of esters is 1. The SMILES string of the molecule is CCCCSC(=S)SC(CC(CC(C)C(=O)O)C(=O)OCCOC)c1cccc(C=O)c1. The molecular weight excluding hydrogens is 468 g/mol. The van der Waals surface area contributed by atoms with Gasteiger partial charge in [0.2, 0.25) is 0 Å². The Morgan fingerprint density at radius 3 is 2.62 bits per heavy atom. The maximum atomic E-state index is 12.8. The third-order valence-corrected chi connectivity index (χ3v) is 7.75. The summed E-state index contributed by atoms with van der Waals surface area (Å²) in [5.41, 5.74) is 1.41. The van der Waals surface area contributed by atoms with Gasteiger partial charge in [0.05, 0.1) is 18.4 Å². The van der Waals surface area contributed by atoms with Crippen molar-refractivity contribution < 1.29 is 29.0 Å². The number of aldehydes is 1. The van der Waals surface area contributed by atoms with Crippen LogP contribution in [0.1, 0.15) is 60.7 Å². The van der Waals surface area contributed by atoms with Gasteiger partial charge in [-0.25, -0.2) is 0 Å². The molecule has 0 saturated heterocycles. The molecule has 0 bridgehead atoms. The van der Waals surface area contributed by atoms with Gasteiger partial charge in [-0.1, -0.05) is 62.4 Å². The summed E-state index contributed by atoms with van der Waals surface area (Å²) in [4.78, 5) is 35.5. The van der Waals surface area contributed by atoms with E-state index in [2.05, 4.69) is 6.92 Å². The summed E-state index contributed by atoms with van der Waals surface area (Å²) in [6, 6.07) is 7.21. The largest absolute Gasteiger partial charge is 0.481 e. The number of methoxy groups -OCH3 is 1. The predicted octanol–water partition coefficient (Wildman–Crippen LogP) is 5.40. The van der Waals surface area contributed by atoms with Crippen LogP contribution in [0.25, 0.3) is 0 Å². The average molecular weight is 501 g/mol. The molecule has 0 aromatic heterocycles. The Morgan fingerprint density at radius 1 is 1.25 bits per heavy atom. The molecule has 0 spiro atoms. The molecule has 6 nitrogen and oxygen atoms in total. The van der Waals surface area contributed by atoms with E-state index in [1.807, 2.05) is 6.07 Å². The Bertz CT molecular complexity index is 755. The van der Waals surface area contributed by atoms with Crippen LogP contribution in [0.15, 0.2) is 24.3 Å². The number of hydrogen-bond acceptors (Lipinski definition) is 8. The van der Waals surface area contributed by atoms with Gasteiger partial charge in [0.1, 0.15) is 16.4 Å². The molecular formula is C23H32O6S3. The highest BCUT2D eigenvalue weighted by molar-refractivity contribution is 8.47. The minimum Gasteiger partial charge on any atom is -0.481 e. The van der Waals surface area contributed by atoms with Gasteiger partial charge in [0.25, 0.3) is 0 Å². The van der Waals surface area contributed by atoms with Gasteiger partial charge >= 0.3 is 11.9 Å². The monoisotopic (exact) mass is 500 g/mol. The molecule has 0 radical (unpaired) electrons. The third-order valence-electron chi connectivity index (χ3n) is 4.80. The number of carboxylic acid groups (broad SMARTS) is 1. The fourth-order valence-electron chi connectivity index (χ4n) is 2.95. The van der Waals surface area contributed by atoms with Crippen LogP contribution >= 0.6 is 35.7 Å². The maximum absolute atomic E-state index is 12.8. The first-order valence-electron chi connectivity index (χ1n) is 10.6. The molecule has 0 aliphatic carbocycles. The number of unbranched alkanes of at least 4 members (excludes halogenated alkanes) is 1. The lowest BCUT2D eigenvalue weighted by Gasteiger charge is -2.24. The number of carbonyl (C=O) groups is 3. The smallest absolute Gasteiger partial charge is 0.309 e. The first-order valence-corrected chi connectivity index (χ1v) is 12.9. The highest BCUT2D eigenvalue weighted by Gasteiger charge is 2.30. The molecule has 1 aromatic rings. The first kappa shape index (κ1) is 28.6. The normalized spacial score (nSPS) is 13.7. The van der Waals surface area contributed by atoms with Crippen molar-refractivity contribution in [1.29, 1.82) is 0 Å². The highest BCUT2D eigenvalue weighted by atomic mass is 32.2. The lowest BCUT2D eigenvalue weighted by Crippen LogP contribution is -2.25. The van der Waals surface area contributed by atoms with E-state index in [1.54, 1.807) is 36.9 Å². The van der Waals surface area contributed by atoms with E-state index in [9.17, 15) is 19.5 Å². The molecule has 3 atom stereocenters. The lowest BCUT2D eigenvalue weighted by molar-refractivity contribution is -0.151. The molecule has 1 aromatic carbocycles. The van der Waals surface area contributed by atoms with Crippen LogP contribution in [0.5, 0.6) is 0 Å². The number of benzene rings is 1. The Balaban J connectivity index is 3.11. The van der Waals surface area contributed by atoms with Gasteiger partial charge in [0.15, 0.2) is 0 Å². The lowest BCUT2D eigenvalue weighted by atomic mass is 9.90. The topological polar surface area (TPSA) is 89.9 Å². The summed E-state index contributed by atoms with van der Waals surface area (Å²) in [6.07, 6.45) is 3.42. The molecule has 0 aliphatic rings. The number of carbonyl (C=O) groups excluding carboxylic acids is 2. The minimum atomic E-state index is -0.961. The fourth-order valence-corrected chi connectivity index (χ4v) is 5.87. The van der Waals surface area contributed by atoms with Gasteiger partial charge in [-0.15, -0.1) is 11.8 Å². The summed E-state index contributed by atoms with van der Waals surface area (Å²) >= 11 is 8.65. The van der Waals surface area contributed by atoms with E-state index >= 15 is 0 Å². The van der Waals surface area contributed by atoms with Crippen LogP contribution in [-0.4, -0.2) is 52.9 Å². The molecule has 1 rings (SSSR count). The van der Waals surface area contributed by atoms with Crippen LogP contribution in [0.3, 0.4) is 0 Å². The van der Waals surface area contributed by atoms with E-state index in [0.717, 1.165) is 34.0 Å². The van der Waals surface area contributed by atoms with Crippen molar-refractivity contribution in [2.45, 2.75) is 44.8 Å². The van der Waals surface area contributed by atoms with E-state index in [4.69, 9.17) is 21.7 Å². The van der Waals surface area contributed by atoms with Crippen LogP contribution in [-0.2, 0) is 19.1 Å². The minimum absolute atomic E-state index is 0.108. The summed E-state index contributed by atoms with van der Waals surface area (Å²) in [5.74, 6) is -1.82. The zero-order valence-corrected chi connectivity index (χ0v) is 21.2. The molecule has 178 valence electrons. The van der Waals surface area contributed by atoms with Gasteiger partial charge in [-0.05, 0) is 36.6 Å². The van der Waals surface area contributed by atoms with Crippen LogP contribution < -0.4 is 0 Å². The zero-order chi connectivity index (χ0) is 23.9. The van der Waals surface area contributed by atoms with Crippen molar-refractivity contribution >= 4 is 57.5 Å². The second-order valence-electron chi connectivity index (χ2n) is 7.41. The van der Waals surface area contributed by atoms with Gasteiger partial charge in [0, 0.05) is 17.9 Å². The number of thiocarbonyl (C=S) groups is 1. The maximum Gasteiger partial charge on any atom is 0.309 e.